The normalized spacial score (nSPS) is 11.5. The summed E-state index contributed by atoms with van der Waals surface area (Å²) >= 11 is 0. The number of nitrogens with zero attached hydrogens (tertiary/aromatic N) is 1. The van der Waals surface area contributed by atoms with Crippen LogP contribution >= 0.6 is 0 Å². The average Bonchev–Trinajstić information content (AvgIpc) is 2.23. The van der Waals surface area contributed by atoms with Gasteiger partial charge in [0.15, 0.2) is 0 Å². The van der Waals surface area contributed by atoms with E-state index in [-0.39, 0.29) is 0 Å². The standard InChI is InChI=1S/C12H17NO3Si/c1-17(2,3)16-12(14)9-13-15-10-11-7-5-4-6-8-11/h4-9H,10H2,1-3H3. The van der Waals surface area contributed by atoms with Gasteiger partial charge in [-0.15, -0.1) is 0 Å². The summed E-state index contributed by atoms with van der Waals surface area (Å²) in [5.41, 5.74) is 1.00. The molecule has 4 nitrogen and oxygen atoms in total. The Labute approximate surface area is 102 Å². The highest BCUT2D eigenvalue weighted by Gasteiger charge is 2.18. The van der Waals surface area contributed by atoms with Crippen molar-refractivity contribution < 1.29 is 14.1 Å². The molecule has 1 aromatic carbocycles. The van der Waals surface area contributed by atoms with Crippen molar-refractivity contribution in [2.75, 3.05) is 0 Å². The fourth-order valence-corrected chi connectivity index (χ4v) is 1.75. The Balaban J connectivity index is 2.29. The minimum absolute atomic E-state index is 0.345. The van der Waals surface area contributed by atoms with E-state index in [1.165, 1.54) is 0 Å². The van der Waals surface area contributed by atoms with E-state index in [1.807, 2.05) is 50.0 Å². The summed E-state index contributed by atoms with van der Waals surface area (Å²) in [4.78, 5) is 16.2. The minimum atomic E-state index is -1.84. The Bertz CT molecular complexity index is 384. The van der Waals surface area contributed by atoms with Crippen LogP contribution in [0.25, 0.3) is 0 Å². The topological polar surface area (TPSA) is 47.9 Å². The molecule has 0 N–H and O–H groups in total. The molecule has 92 valence electrons. The number of benzene rings is 1. The zero-order valence-electron chi connectivity index (χ0n) is 10.3. The first-order chi connectivity index (χ1) is 7.97. The molecular weight excluding hydrogens is 234 g/mol. The molecule has 1 rings (SSSR count). The van der Waals surface area contributed by atoms with Crippen LogP contribution in [-0.4, -0.2) is 20.5 Å². The van der Waals surface area contributed by atoms with Crippen molar-refractivity contribution in [2.45, 2.75) is 26.2 Å². The van der Waals surface area contributed by atoms with Gasteiger partial charge in [0.05, 0.1) is 0 Å². The summed E-state index contributed by atoms with van der Waals surface area (Å²) in [5.74, 6) is -0.447. The second-order valence-electron chi connectivity index (χ2n) is 4.53. The van der Waals surface area contributed by atoms with E-state index in [0.29, 0.717) is 6.61 Å². The highest BCUT2D eigenvalue weighted by atomic mass is 28.4. The Hall–Kier alpha value is -1.62. The average molecular weight is 251 g/mol. The molecule has 0 radical (unpaired) electrons. The maximum absolute atomic E-state index is 11.3. The van der Waals surface area contributed by atoms with Crippen LogP contribution in [0.2, 0.25) is 19.6 Å². The summed E-state index contributed by atoms with van der Waals surface area (Å²) in [7, 11) is -1.84. The highest BCUT2D eigenvalue weighted by molar-refractivity contribution is 6.72. The van der Waals surface area contributed by atoms with Crippen molar-refractivity contribution in [2.24, 2.45) is 5.16 Å². The van der Waals surface area contributed by atoms with Crippen LogP contribution in [0.3, 0.4) is 0 Å². The van der Waals surface area contributed by atoms with Crippen LogP contribution < -0.4 is 0 Å². The van der Waals surface area contributed by atoms with E-state index < -0.39 is 14.3 Å². The van der Waals surface area contributed by atoms with Crippen LogP contribution in [0.1, 0.15) is 5.56 Å². The first-order valence-electron chi connectivity index (χ1n) is 5.39. The summed E-state index contributed by atoms with van der Waals surface area (Å²) in [6.45, 7) is 6.15. The molecule has 0 saturated heterocycles. The van der Waals surface area contributed by atoms with E-state index in [9.17, 15) is 4.79 Å². The third-order valence-electron chi connectivity index (χ3n) is 1.71. The van der Waals surface area contributed by atoms with Crippen molar-refractivity contribution in [1.82, 2.24) is 0 Å². The number of carbonyl (C=O) groups excluding carboxylic acids is 1. The lowest BCUT2D eigenvalue weighted by Crippen LogP contribution is -2.29. The van der Waals surface area contributed by atoms with Crippen molar-refractivity contribution in [1.29, 1.82) is 0 Å². The molecule has 5 heteroatoms. The molecule has 0 amide bonds. The van der Waals surface area contributed by atoms with E-state index >= 15 is 0 Å². The van der Waals surface area contributed by atoms with Gasteiger partial charge in [-0.25, -0.2) is 4.79 Å². The van der Waals surface area contributed by atoms with E-state index in [2.05, 4.69) is 5.16 Å². The minimum Gasteiger partial charge on any atom is -0.516 e. The third-order valence-corrected chi connectivity index (χ3v) is 2.53. The maximum Gasteiger partial charge on any atom is 0.339 e. The van der Waals surface area contributed by atoms with Gasteiger partial charge in [0.25, 0.3) is 0 Å². The third kappa shape index (κ3) is 6.52. The second-order valence-corrected chi connectivity index (χ2v) is 8.96. The van der Waals surface area contributed by atoms with E-state index in [0.717, 1.165) is 11.8 Å². The fourth-order valence-electron chi connectivity index (χ4n) is 1.09. The molecule has 0 aromatic heterocycles. The molecule has 1 aromatic rings. The summed E-state index contributed by atoms with van der Waals surface area (Å²) in [5, 5.41) is 3.57. The predicted molar refractivity (Wildman–Crippen MR) is 69.2 cm³/mol. The Kier molecular flexibility index (Phi) is 4.90. The van der Waals surface area contributed by atoms with Gasteiger partial charge in [-0.1, -0.05) is 35.5 Å². The molecule has 0 spiro atoms. The van der Waals surface area contributed by atoms with Crippen LogP contribution in [0.4, 0.5) is 0 Å². The van der Waals surface area contributed by atoms with E-state index in [1.54, 1.807) is 0 Å². The lowest BCUT2D eigenvalue weighted by atomic mass is 10.2. The first kappa shape index (κ1) is 13.4. The van der Waals surface area contributed by atoms with Gasteiger partial charge in [-0.2, -0.15) is 0 Å². The number of rotatable bonds is 5. The van der Waals surface area contributed by atoms with Crippen molar-refractivity contribution >= 4 is 20.5 Å². The number of oxime groups is 1. The summed E-state index contributed by atoms with van der Waals surface area (Å²) in [6.07, 6.45) is 1.07. The molecule has 0 saturated carbocycles. The van der Waals surface area contributed by atoms with Gasteiger partial charge in [0, 0.05) is 0 Å². The molecule has 0 heterocycles. The summed E-state index contributed by atoms with van der Waals surface area (Å²) in [6, 6.07) is 9.62. The highest BCUT2D eigenvalue weighted by Crippen LogP contribution is 2.02. The van der Waals surface area contributed by atoms with Gasteiger partial charge in [-0.3, -0.25) is 0 Å². The lowest BCUT2D eigenvalue weighted by Gasteiger charge is -2.14. The smallest absolute Gasteiger partial charge is 0.339 e. The predicted octanol–water partition coefficient (Wildman–Crippen LogP) is 2.57. The van der Waals surface area contributed by atoms with Crippen molar-refractivity contribution in [3.8, 4) is 0 Å². The molecule has 0 unspecified atom stereocenters. The van der Waals surface area contributed by atoms with Crippen molar-refractivity contribution in [3.05, 3.63) is 35.9 Å². The maximum atomic E-state index is 11.3. The zero-order valence-corrected chi connectivity index (χ0v) is 11.3. The molecule has 17 heavy (non-hydrogen) atoms. The quantitative estimate of drug-likeness (QED) is 0.459. The van der Waals surface area contributed by atoms with Gasteiger partial charge >= 0.3 is 5.97 Å². The first-order valence-corrected chi connectivity index (χ1v) is 8.80. The molecule has 0 bridgehead atoms. The lowest BCUT2D eigenvalue weighted by molar-refractivity contribution is -0.127. The molecule has 0 fully saturated rings. The molecule has 0 atom stereocenters. The Morgan fingerprint density at radius 3 is 2.53 bits per heavy atom. The Morgan fingerprint density at radius 1 is 1.29 bits per heavy atom. The Morgan fingerprint density at radius 2 is 1.94 bits per heavy atom. The second kappa shape index (κ2) is 6.20. The number of hydrogen-bond acceptors (Lipinski definition) is 4. The van der Waals surface area contributed by atoms with Gasteiger partial charge in [-0.05, 0) is 25.2 Å². The fraction of sp³-hybridized carbons (Fsp3) is 0.333. The molecule has 0 aliphatic rings. The van der Waals surface area contributed by atoms with Crippen LogP contribution in [0.15, 0.2) is 35.5 Å². The van der Waals surface area contributed by atoms with E-state index in [4.69, 9.17) is 9.26 Å². The number of carbonyl (C=O) groups is 1. The van der Waals surface area contributed by atoms with Crippen molar-refractivity contribution in [3.63, 3.8) is 0 Å². The summed E-state index contributed by atoms with van der Waals surface area (Å²) < 4.78 is 5.16. The largest absolute Gasteiger partial charge is 0.516 e. The SMILES string of the molecule is C[Si](C)(C)OC(=O)C=NOCc1ccccc1. The molecule has 0 aliphatic carbocycles. The monoisotopic (exact) mass is 251 g/mol. The van der Waals surface area contributed by atoms with Gasteiger partial charge in [0.2, 0.25) is 8.32 Å². The van der Waals surface area contributed by atoms with Crippen LogP contribution in [0, 0.1) is 0 Å². The molecule has 0 aliphatic heterocycles. The zero-order chi connectivity index (χ0) is 12.7. The van der Waals surface area contributed by atoms with Crippen LogP contribution in [0.5, 0.6) is 0 Å². The number of hydrogen-bond donors (Lipinski definition) is 0. The van der Waals surface area contributed by atoms with Crippen LogP contribution in [-0.2, 0) is 20.7 Å². The molecular formula is C12H17NO3Si. The van der Waals surface area contributed by atoms with Gasteiger partial charge in [0.1, 0.15) is 12.8 Å². The van der Waals surface area contributed by atoms with Gasteiger partial charge < -0.3 is 9.26 Å².